The highest BCUT2D eigenvalue weighted by molar-refractivity contribution is 5.88. The minimum absolute atomic E-state index is 0.166. The van der Waals surface area contributed by atoms with Crippen LogP contribution in [0.1, 0.15) is 0 Å². The highest BCUT2D eigenvalue weighted by Crippen LogP contribution is 2.42. The van der Waals surface area contributed by atoms with Crippen molar-refractivity contribution in [2.24, 2.45) is 0 Å². The zero-order valence-electron chi connectivity index (χ0n) is 16.0. The van der Waals surface area contributed by atoms with E-state index in [9.17, 15) is 45.6 Å². The van der Waals surface area contributed by atoms with Crippen molar-refractivity contribution in [2.75, 3.05) is 6.61 Å². The first-order valence-electron chi connectivity index (χ1n) is 9.19. The maximum Gasteiger partial charge on any atom is 0.239 e. The SMILES string of the molecule is O=c1c(O[C@@H]2OC[C@@H](O)C(O)C2O)c(-c2cc(O)c(O)c(O)c2)oc2cc(O)cc(O)c12. The Morgan fingerprint density at radius 1 is 0.875 bits per heavy atom. The molecule has 4 rings (SSSR count). The van der Waals surface area contributed by atoms with Gasteiger partial charge in [0.2, 0.25) is 17.5 Å². The molecule has 1 aromatic heterocycles. The van der Waals surface area contributed by atoms with Crippen molar-refractivity contribution in [3.8, 4) is 45.8 Å². The van der Waals surface area contributed by atoms with E-state index in [0.717, 1.165) is 24.3 Å². The fraction of sp³-hybridized carbons (Fsp3) is 0.250. The monoisotopic (exact) mass is 450 g/mol. The Balaban J connectivity index is 1.95. The minimum Gasteiger partial charge on any atom is -0.508 e. The molecule has 1 aliphatic rings. The summed E-state index contributed by atoms with van der Waals surface area (Å²) >= 11 is 0. The van der Waals surface area contributed by atoms with Gasteiger partial charge in [-0.1, -0.05) is 0 Å². The topological polar surface area (TPSA) is 211 Å². The summed E-state index contributed by atoms with van der Waals surface area (Å²) in [6.07, 6.45) is -6.49. The number of aromatic hydroxyl groups is 5. The van der Waals surface area contributed by atoms with Gasteiger partial charge in [0.25, 0.3) is 0 Å². The molecule has 32 heavy (non-hydrogen) atoms. The Bertz CT molecular complexity index is 1230. The third kappa shape index (κ3) is 3.50. The van der Waals surface area contributed by atoms with Gasteiger partial charge in [0.1, 0.15) is 40.8 Å². The predicted molar refractivity (Wildman–Crippen MR) is 105 cm³/mol. The highest BCUT2D eigenvalue weighted by Gasteiger charge is 2.40. The third-order valence-corrected chi connectivity index (χ3v) is 4.94. The number of rotatable bonds is 3. The highest BCUT2D eigenvalue weighted by atomic mass is 16.7. The molecule has 170 valence electrons. The number of benzene rings is 2. The molecular weight excluding hydrogens is 432 g/mol. The molecule has 0 amide bonds. The molecule has 2 aromatic carbocycles. The van der Waals surface area contributed by atoms with E-state index in [0.29, 0.717) is 0 Å². The number of phenolic OH excluding ortho intramolecular Hbond substituents is 5. The molecule has 12 heteroatoms. The average Bonchev–Trinajstić information content (AvgIpc) is 2.72. The molecule has 0 bridgehead atoms. The first kappa shape index (κ1) is 21.5. The lowest BCUT2D eigenvalue weighted by molar-refractivity contribution is -0.242. The predicted octanol–water partition coefficient (Wildman–Crippen LogP) is -0.194. The van der Waals surface area contributed by atoms with Crippen molar-refractivity contribution < 1.29 is 54.7 Å². The number of phenols is 5. The molecule has 2 unspecified atom stereocenters. The minimum atomic E-state index is -1.78. The fourth-order valence-corrected chi connectivity index (χ4v) is 3.30. The van der Waals surface area contributed by atoms with Gasteiger partial charge in [-0.15, -0.1) is 0 Å². The summed E-state index contributed by atoms with van der Waals surface area (Å²) < 4.78 is 16.2. The number of fused-ring (bicyclic) bond motifs is 1. The van der Waals surface area contributed by atoms with Crippen LogP contribution in [-0.2, 0) is 4.74 Å². The van der Waals surface area contributed by atoms with E-state index in [1.165, 1.54) is 0 Å². The summed E-state index contributed by atoms with van der Waals surface area (Å²) in [6.45, 7) is -0.433. The lowest BCUT2D eigenvalue weighted by Crippen LogP contribution is -2.55. The molecule has 0 spiro atoms. The maximum atomic E-state index is 13.2. The summed E-state index contributed by atoms with van der Waals surface area (Å²) in [5.74, 6) is -4.54. The molecule has 3 aromatic rings. The average molecular weight is 450 g/mol. The maximum absolute atomic E-state index is 13.2. The first-order valence-corrected chi connectivity index (χ1v) is 9.19. The van der Waals surface area contributed by atoms with E-state index >= 15 is 0 Å². The van der Waals surface area contributed by atoms with Crippen LogP contribution in [0.5, 0.6) is 34.5 Å². The molecule has 4 atom stereocenters. The quantitative estimate of drug-likeness (QED) is 0.244. The van der Waals surface area contributed by atoms with Gasteiger partial charge < -0.3 is 54.7 Å². The Morgan fingerprint density at radius 2 is 1.53 bits per heavy atom. The van der Waals surface area contributed by atoms with E-state index in [2.05, 4.69) is 0 Å². The van der Waals surface area contributed by atoms with Gasteiger partial charge in [-0.3, -0.25) is 4.79 Å². The van der Waals surface area contributed by atoms with Crippen LogP contribution < -0.4 is 10.2 Å². The normalized spacial score (nSPS) is 23.3. The van der Waals surface area contributed by atoms with E-state index < -0.39 is 82.3 Å². The third-order valence-electron chi connectivity index (χ3n) is 4.94. The molecule has 1 aliphatic heterocycles. The van der Waals surface area contributed by atoms with E-state index in [1.54, 1.807) is 0 Å². The largest absolute Gasteiger partial charge is 0.508 e. The standard InChI is InChI=1S/C20H18O12/c21-7-3-8(22)13-12(4-7)31-18(6-1-9(23)14(26)10(24)2-6)19(16(13)28)32-20-17(29)15(27)11(25)5-30-20/h1-4,11,15,17,20-27,29H,5H2/t11-,15?,17?,20+/m1/s1. The fourth-order valence-electron chi connectivity index (χ4n) is 3.30. The van der Waals surface area contributed by atoms with E-state index in [-0.39, 0.29) is 11.1 Å². The van der Waals surface area contributed by atoms with Crippen LogP contribution in [0.15, 0.2) is 33.5 Å². The second kappa shape index (κ2) is 7.76. The number of hydrogen-bond donors (Lipinski definition) is 8. The summed E-state index contributed by atoms with van der Waals surface area (Å²) in [6, 6.07) is 3.78. The molecule has 1 fully saturated rings. The van der Waals surface area contributed by atoms with Crippen LogP contribution in [-0.4, -0.2) is 72.1 Å². The zero-order valence-corrected chi connectivity index (χ0v) is 16.0. The van der Waals surface area contributed by atoms with Gasteiger partial charge in [-0.05, 0) is 12.1 Å². The van der Waals surface area contributed by atoms with Crippen LogP contribution in [0.3, 0.4) is 0 Å². The van der Waals surface area contributed by atoms with E-state index in [4.69, 9.17) is 13.9 Å². The van der Waals surface area contributed by atoms with Gasteiger partial charge in [0.15, 0.2) is 23.0 Å². The number of hydrogen-bond acceptors (Lipinski definition) is 12. The van der Waals surface area contributed by atoms with Gasteiger partial charge in [-0.25, -0.2) is 0 Å². The van der Waals surface area contributed by atoms with E-state index in [1.807, 2.05) is 0 Å². The Labute approximate surface area is 178 Å². The molecule has 12 nitrogen and oxygen atoms in total. The Hall–Kier alpha value is -3.71. The zero-order chi connectivity index (χ0) is 23.3. The van der Waals surface area contributed by atoms with Crippen LogP contribution in [0.4, 0.5) is 0 Å². The van der Waals surface area contributed by atoms with Gasteiger partial charge in [0.05, 0.1) is 6.61 Å². The molecule has 0 aliphatic carbocycles. The second-order valence-electron chi connectivity index (χ2n) is 7.16. The first-order chi connectivity index (χ1) is 15.1. The summed E-state index contributed by atoms with van der Waals surface area (Å²) in [5.41, 5.74) is -1.44. The van der Waals surface area contributed by atoms with Crippen molar-refractivity contribution >= 4 is 11.0 Å². The van der Waals surface area contributed by atoms with Crippen molar-refractivity contribution in [1.29, 1.82) is 0 Å². The molecule has 0 radical (unpaired) electrons. The second-order valence-corrected chi connectivity index (χ2v) is 7.16. The van der Waals surface area contributed by atoms with Gasteiger partial charge >= 0.3 is 0 Å². The van der Waals surface area contributed by atoms with Crippen molar-refractivity contribution in [3.05, 3.63) is 34.5 Å². The van der Waals surface area contributed by atoms with Crippen molar-refractivity contribution in [3.63, 3.8) is 0 Å². The lowest BCUT2D eigenvalue weighted by atomic mass is 10.1. The smallest absolute Gasteiger partial charge is 0.239 e. The van der Waals surface area contributed by atoms with Crippen LogP contribution in [0, 0.1) is 0 Å². The Kier molecular flexibility index (Phi) is 5.22. The summed E-state index contributed by atoms with van der Waals surface area (Å²) in [7, 11) is 0. The van der Waals surface area contributed by atoms with Crippen LogP contribution in [0.2, 0.25) is 0 Å². The lowest BCUT2D eigenvalue weighted by Gasteiger charge is -2.34. The summed E-state index contributed by atoms with van der Waals surface area (Å²) in [5, 5.41) is 78.4. The number of aliphatic hydroxyl groups is 3. The molecule has 1 saturated heterocycles. The number of aliphatic hydroxyl groups excluding tert-OH is 3. The van der Waals surface area contributed by atoms with Gasteiger partial charge in [0, 0.05) is 17.7 Å². The molecule has 0 saturated carbocycles. The Morgan fingerprint density at radius 3 is 2.19 bits per heavy atom. The van der Waals surface area contributed by atoms with Crippen LogP contribution in [0.25, 0.3) is 22.3 Å². The summed E-state index contributed by atoms with van der Waals surface area (Å²) in [4.78, 5) is 13.2. The van der Waals surface area contributed by atoms with Crippen LogP contribution >= 0.6 is 0 Å². The van der Waals surface area contributed by atoms with Gasteiger partial charge in [-0.2, -0.15) is 0 Å². The van der Waals surface area contributed by atoms with Crippen molar-refractivity contribution in [1.82, 2.24) is 0 Å². The number of ether oxygens (including phenoxy) is 2. The molecule has 8 N–H and O–H groups in total. The molecule has 2 heterocycles. The van der Waals surface area contributed by atoms with Crippen molar-refractivity contribution in [2.45, 2.75) is 24.6 Å². The molecular formula is C20H18O12.